The van der Waals surface area contributed by atoms with Crippen LogP contribution in [0.5, 0.6) is 0 Å². The molecule has 1 aliphatic rings. The van der Waals surface area contributed by atoms with Crippen LogP contribution < -0.4 is 5.43 Å². The number of nitrogens with zero attached hydrogens (tertiary/aromatic N) is 1. The highest BCUT2D eigenvalue weighted by Crippen LogP contribution is 2.14. The van der Waals surface area contributed by atoms with Crippen LogP contribution in [0.25, 0.3) is 0 Å². The van der Waals surface area contributed by atoms with Crippen LogP contribution in [0.4, 0.5) is 0 Å². The molecule has 2 nitrogen and oxygen atoms in total. The SMILES string of the molecule is Cc1ccc(C2=NNCCC2)cc1C. The largest absolute Gasteiger partial charge is 0.310 e. The maximum Gasteiger partial charge on any atom is 0.0675 e. The van der Waals surface area contributed by atoms with E-state index in [1.807, 2.05) is 0 Å². The molecule has 2 heteroatoms. The van der Waals surface area contributed by atoms with Crippen molar-refractivity contribution >= 4 is 5.71 Å². The van der Waals surface area contributed by atoms with Crippen LogP contribution in [0.15, 0.2) is 23.3 Å². The molecular formula is C12H16N2. The minimum absolute atomic E-state index is 1.01. The van der Waals surface area contributed by atoms with E-state index in [4.69, 9.17) is 0 Å². The summed E-state index contributed by atoms with van der Waals surface area (Å²) in [6.45, 7) is 5.30. The maximum atomic E-state index is 4.34. The lowest BCUT2D eigenvalue weighted by atomic mass is 10.0. The van der Waals surface area contributed by atoms with E-state index in [9.17, 15) is 0 Å². The van der Waals surface area contributed by atoms with Crippen molar-refractivity contribution in [3.63, 3.8) is 0 Å². The fraction of sp³-hybridized carbons (Fsp3) is 0.417. The first-order chi connectivity index (χ1) is 6.77. The molecule has 0 aliphatic carbocycles. The van der Waals surface area contributed by atoms with Gasteiger partial charge in [0.1, 0.15) is 0 Å². The van der Waals surface area contributed by atoms with Gasteiger partial charge in [0.25, 0.3) is 0 Å². The number of hydrogen-bond donors (Lipinski definition) is 1. The van der Waals surface area contributed by atoms with E-state index >= 15 is 0 Å². The average Bonchev–Trinajstić information content (AvgIpc) is 2.23. The Morgan fingerprint density at radius 3 is 2.71 bits per heavy atom. The molecule has 0 fully saturated rings. The monoisotopic (exact) mass is 188 g/mol. The Hall–Kier alpha value is -1.31. The van der Waals surface area contributed by atoms with Gasteiger partial charge in [0.05, 0.1) is 5.71 Å². The molecule has 1 aromatic carbocycles. The summed E-state index contributed by atoms with van der Waals surface area (Å²) in [4.78, 5) is 0. The van der Waals surface area contributed by atoms with Crippen molar-refractivity contribution < 1.29 is 0 Å². The summed E-state index contributed by atoms with van der Waals surface area (Å²) in [5.74, 6) is 0. The van der Waals surface area contributed by atoms with Gasteiger partial charge >= 0.3 is 0 Å². The molecule has 1 N–H and O–H groups in total. The molecule has 0 bridgehead atoms. The van der Waals surface area contributed by atoms with Gasteiger partial charge in [-0.3, -0.25) is 0 Å². The molecule has 1 heterocycles. The van der Waals surface area contributed by atoms with Gasteiger partial charge < -0.3 is 5.43 Å². The standard InChI is InChI=1S/C12H16N2/c1-9-5-6-11(8-10(9)2)12-4-3-7-13-14-12/h5-6,8,13H,3-4,7H2,1-2H3. The molecule has 0 radical (unpaired) electrons. The summed E-state index contributed by atoms with van der Waals surface area (Å²) in [6, 6.07) is 6.55. The molecule has 0 amide bonds. The number of hydrogen-bond acceptors (Lipinski definition) is 2. The molecular weight excluding hydrogens is 172 g/mol. The van der Waals surface area contributed by atoms with E-state index < -0.39 is 0 Å². The normalized spacial score (nSPS) is 16.0. The maximum absolute atomic E-state index is 4.34. The van der Waals surface area contributed by atoms with Crippen LogP contribution in [0.2, 0.25) is 0 Å². The van der Waals surface area contributed by atoms with Crippen LogP contribution in [0.3, 0.4) is 0 Å². The third-order valence-electron chi connectivity index (χ3n) is 2.76. The second kappa shape index (κ2) is 3.82. The van der Waals surface area contributed by atoms with Crippen LogP contribution in [-0.4, -0.2) is 12.3 Å². The van der Waals surface area contributed by atoms with Gasteiger partial charge in [-0.05, 0) is 49.4 Å². The molecule has 0 saturated heterocycles. The van der Waals surface area contributed by atoms with E-state index in [-0.39, 0.29) is 0 Å². The Morgan fingerprint density at radius 2 is 2.07 bits per heavy atom. The summed E-state index contributed by atoms with van der Waals surface area (Å²) in [5, 5.41) is 4.34. The van der Waals surface area contributed by atoms with Crippen LogP contribution >= 0.6 is 0 Å². The number of benzene rings is 1. The lowest BCUT2D eigenvalue weighted by Gasteiger charge is -2.13. The van der Waals surface area contributed by atoms with Crippen LogP contribution in [-0.2, 0) is 0 Å². The van der Waals surface area contributed by atoms with Crippen molar-refractivity contribution in [2.75, 3.05) is 6.54 Å². The van der Waals surface area contributed by atoms with Crippen LogP contribution in [0.1, 0.15) is 29.5 Å². The number of hydrazone groups is 1. The Labute approximate surface area is 85.0 Å². The molecule has 0 atom stereocenters. The zero-order valence-electron chi connectivity index (χ0n) is 8.80. The first kappa shape index (κ1) is 9.25. The lowest BCUT2D eigenvalue weighted by Crippen LogP contribution is -2.19. The number of aryl methyl sites for hydroxylation is 2. The van der Waals surface area contributed by atoms with Gasteiger partial charge in [0.15, 0.2) is 0 Å². The second-order valence-electron chi connectivity index (χ2n) is 3.87. The fourth-order valence-electron chi connectivity index (χ4n) is 1.67. The molecule has 2 rings (SSSR count). The summed E-state index contributed by atoms with van der Waals surface area (Å²) in [6.07, 6.45) is 2.28. The van der Waals surface area contributed by atoms with Crippen molar-refractivity contribution in [3.8, 4) is 0 Å². The fourth-order valence-corrected chi connectivity index (χ4v) is 1.67. The first-order valence-corrected chi connectivity index (χ1v) is 5.14. The van der Waals surface area contributed by atoms with Gasteiger partial charge in [-0.2, -0.15) is 5.10 Å². The van der Waals surface area contributed by atoms with Gasteiger partial charge in [-0.1, -0.05) is 12.1 Å². The summed E-state index contributed by atoms with van der Waals surface area (Å²) >= 11 is 0. The third-order valence-corrected chi connectivity index (χ3v) is 2.76. The van der Waals surface area contributed by atoms with Crippen molar-refractivity contribution in [3.05, 3.63) is 34.9 Å². The Kier molecular flexibility index (Phi) is 2.53. The highest BCUT2D eigenvalue weighted by Gasteiger charge is 2.07. The highest BCUT2D eigenvalue weighted by atomic mass is 15.3. The summed E-state index contributed by atoms with van der Waals surface area (Å²) in [7, 11) is 0. The van der Waals surface area contributed by atoms with Crippen molar-refractivity contribution in [2.45, 2.75) is 26.7 Å². The van der Waals surface area contributed by atoms with Crippen molar-refractivity contribution in [1.82, 2.24) is 5.43 Å². The zero-order valence-corrected chi connectivity index (χ0v) is 8.80. The Morgan fingerprint density at radius 1 is 1.21 bits per heavy atom. The zero-order chi connectivity index (χ0) is 9.97. The van der Waals surface area contributed by atoms with Gasteiger partial charge in [-0.25, -0.2) is 0 Å². The average molecular weight is 188 g/mol. The Bertz CT molecular complexity index is 367. The summed E-state index contributed by atoms with van der Waals surface area (Å²) < 4.78 is 0. The molecule has 0 spiro atoms. The Balaban J connectivity index is 2.32. The van der Waals surface area contributed by atoms with Gasteiger partial charge in [0, 0.05) is 6.54 Å². The first-order valence-electron chi connectivity index (χ1n) is 5.14. The van der Waals surface area contributed by atoms with Crippen LogP contribution in [0, 0.1) is 13.8 Å². The topological polar surface area (TPSA) is 24.4 Å². The quantitative estimate of drug-likeness (QED) is 0.719. The van der Waals surface area contributed by atoms with Gasteiger partial charge in [0.2, 0.25) is 0 Å². The summed E-state index contributed by atoms with van der Waals surface area (Å²) in [5.41, 5.74) is 8.20. The molecule has 1 aliphatic heterocycles. The van der Waals surface area contributed by atoms with E-state index in [1.54, 1.807) is 0 Å². The van der Waals surface area contributed by atoms with Gasteiger partial charge in [-0.15, -0.1) is 0 Å². The lowest BCUT2D eigenvalue weighted by molar-refractivity contribution is 0.662. The van der Waals surface area contributed by atoms with E-state index in [1.165, 1.54) is 28.8 Å². The van der Waals surface area contributed by atoms with E-state index in [2.05, 4.69) is 42.6 Å². The van der Waals surface area contributed by atoms with E-state index in [0.717, 1.165) is 13.0 Å². The highest BCUT2D eigenvalue weighted by molar-refractivity contribution is 6.00. The predicted octanol–water partition coefficient (Wildman–Crippen LogP) is 2.39. The predicted molar refractivity (Wildman–Crippen MR) is 59.7 cm³/mol. The molecule has 0 saturated carbocycles. The smallest absolute Gasteiger partial charge is 0.0675 e. The van der Waals surface area contributed by atoms with Crippen molar-refractivity contribution in [2.24, 2.45) is 5.10 Å². The van der Waals surface area contributed by atoms with E-state index in [0.29, 0.717) is 0 Å². The molecule has 0 unspecified atom stereocenters. The van der Waals surface area contributed by atoms with Crippen molar-refractivity contribution in [1.29, 1.82) is 0 Å². The molecule has 74 valence electrons. The third kappa shape index (κ3) is 1.79. The number of rotatable bonds is 1. The molecule has 1 aromatic rings. The minimum Gasteiger partial charge on any atom is -0.310 e. The number of nitrogens with one attached hydrogen (secondary N) is 1. The molecule has 0 aromatic heterocycles. The second-order valence-corrected chi connectivity index (χ2v) is 3.87. The molecule has 14 heavy (non-hydrogen) atoms. The minimum atomic E-state index is 1.01.